The van der Waals surface area contributed by atoms with Crippen molar-refractivity contribution in [2.24, 2.45) is 5.41 Å². The van der Waals surface area contributed by atoms with Gasteiger partial charge in [0.1, 0.15) is 11.4 Å². The van der Waals surface area contributed by atoms with Crippen molar-refractivity contribution in [3.05, 3.63) is 29.6 Å². The highest BCUT2D eigenvalue weighted by atomic mass is 19.1. The number of carboxylic acids is 1. The molecule has 2 amide bonds. The lowest BCUT2D eigenvalue weighted by atomic mass is 9.87. The summed E-state index contributed by atoms with van der Waals surface area (Å²) in [4.78, 5) is 24.7. The van der Waals surface area contributed by atoms with Gasteiger partial charge < -0.3 is 15.3 Å². The van der Waals surface area contributed by atoms with E-state index in [0.717, 1.165) is 6.07 Å². The highest BCUT2D eigenvalue weighted by Crippen LogP contribution is 2.24. The Morgan fingerprint density at radius 3 is 2.38 bits per heavy atom. The Morgan fingerprint density at radius 2 is 1.90 bits per heavy atom. The number of amides is 2. The number of aromatic carboxylic acids is 1. The van der Waals surface area contributed by atoms with Crippen molar-refractivity contribution in [1.29, 1.82) is 0 Å². The molecule has 2 N–H and O–H groups in total. The van der Waals surface area contributed by atoms with Crippen LogP contribution >= 0.6 is 0 Å². The lowest BCUT2D eigenvalue weighted by molar-refractivity contribution is 0.0693. The zero-order valence-corrected chi connectivity index (χ0v) is 12.9. The van der Waals surface area contributed by atoms with E-state index in [1.807, 2.05) is 27.7 Å². The summed E-state index contributed by atoms with van der Waals surface area (Å²) in [5.74, 6) is -2.30. The van der Waals surface area contributed by atoms with Crippen LogP contribution in [0.3, 0.4) is 0 Å². The van der Waals surface area contributed by atoms with Gasteiger partial charge in [-0.3, -0.25) is 0 Å². The van der Waals surface area contributed by atoms with Gasteiger partial charge >= 0.3 is 12.0 Å². The molecule has 0 fully saturated rings. The first kappa shape index (κ1) is 16.9. The molecule has 0 radical (unpaired) electrons. The van der Waals surface area contributed by atoms with Gasteiger partial charge in [-0.1, -0.05) is 26.8 Å². The maximum Gasteiger partial charge on any atom is 0.340 e. The van der Waals surface area contributed by atoms with Crippen molar-refractivity contribution in [2.75, 3.05) is 12.4 Å². The molecule has 0 heterocycles. The lowest BCUT2D eigenvalue weighted by Gasteiger charge is -2.35. The minimum Gasteiger partial charge on any atom is -0.478 e. The predicted molar refractivity (Wildman–Crippen MR) is 79.1 cm³/mol. The summed E-state index contributed by atoms with van der Waals surface area (Å²) in [6, 6.07) is 3.19. The smallest absolute Gasteiger partial charge is 0.340 e. The van der Waals surface area contributed by atoms with Crippen LogP contribution in [-0.2, 0) is 0 Å². The van der Waals surface area contributed by atoms with Gasteiger partial charge in [0.25, 0.3) is 0 Å². The molecule has 0 aliphatic heterocycles. The highest BCUT2D eigenvalue weighted by Gasteiger charge is 2.28. The second kappa shape index (κ2) is 6.11. The molecule has 0 aliphatic rings. The summed E-state index contributed by atoms with van der Waals surface area (Å²) in [5, 5.41) is 11.5. The van der Waals surface area contributed by atoms with E-state index in [2.05, 4.69) is 5.32 Å². The van der Waals surface area contributed by atoms with E-state index in [-0.39, 0.29) is 17.1 Å². The topological polar surface area (TPSA) is 69.6 Å². The van der Waals surface area contributed by atoms with Crippen LogP contribution < -0.4 is 5.32 Å². The number of benzene rings is 1. The summed E-state index contributed by atoms with van der Waals surface area (Å²) in [6.07, 6.45) is 0. The predicted octanol–water partition coefficient (Wildman–Crippen LogP) is 3.42. The summed E-state index contributed by atoms with van der Waals surface area (Å²) in [6.45, 7) is 7.87. The summed E-state index contributed by atoms with van der Waals surface area (Å²) < 4.78 is 13.6. The zero-order valence-electron chi connectivity index (χ0n) is 12.9. The number of nitrogens with one attached hydrogen (secondary N) is 1. The molecule has 21 heavy (non-hydrogen) atoms. The van der Waals surface area contributed by atoms with Crippen LogP contribution in [0.5, 0.6) is 0 Å². The quantitative estimate of drug-likeness (QED) is 0.898. The molecule has 1 rings (SSSR count). The molecule has 0 spiro atoms. The molecular weight excluding hydrogens is 275 g/mol. The van der Waals surface area contributed by atoms with Gasteiger partial charge in [-0.25, -0.2) is 14.0 Å². The van der Waals surface area contributed by atoms with Crippen LogP contribution in [0, 0.1) is 11.2 Å². The Morgan fingerprint density at radius 1 is 1.33 bits per heavy atom. The van der Waals surface area contributed by atoms with Crippen molar-refractivity contribution in [3.63, 3.8) is 0 Å². The minimum absolute atomic E-state index is 0.0551. The highest BCUT2D eigenvalue weighted by molar-refractivity contribution is 6.00. The summed E-state index contributed by atoms with van der Waals surface area (Å²) >= 11 is 0. The summed E-state index contributed by atoms with van der Waals surface area (Å²) in [7, 11) is 1.62. The summed E-state index contributed by atoms with van der Waals surface area (Å²) in [5.41, 5.74) is -0.730. The van der Waals surface area contributed by atoms with Crippen LogP contribution in [0.15, 0.2) is 18.2 Å². The van der Waals surface area contributed by atoms with E-state index >= 15 is 0 Å². The first-order chi connectivity index (χ1) is 9.55. The fourth-order valence-corrected chi connectivity index (χ4v) is 1.81. The van der Waals surface area contributed by atoms with Crippen molar-refractivity contribution >= 4 is 17.7 Å². The molecular formula is C15H21FN2O3. The third kappa shape index (κ3) is 3.93. The largest absolute Gasteiger partial charge is 0.478 e. The Hall–Kier alpha value is -2.11. The molecule has 5 nitrogen and oxygen atoms in total. The molecule has 1 aromatic carbocycles. The first-order valence-corrected chi connectivity index (χ1v) is 6.61. The Bertz CT molecular complexity index is 552. The van der Waals surface area contributed by atoms with Crippen LogP contribution in [0.1, 0.15) is 38.1 Å². The number of halogens is 1. The van der Waals surface area contributed by atoms with E-state index in [0.29, 0.717) is 0 Å². The SMILES string of the molecule is CC(N(C)C(=O)Nc1cccc(F)c1C(=O)O)C(C)(C)C. The van der Waals surface area contributed by atoms with Crippen LogP contribution in [0.4, 0.5) is 14.9 Å². The molecule has 116 valence electrons. The molecule has 0 bridgehead atoms. The Labute approximate surface area is 123 Å². The minimum atomic E-state index is -1.42. The van der Waals surface area contributed by atoms with E-state index in [4.69, 9.17) is 5.11 Å². The van der Waals surface area contributed by atoms with Crippen molar-refractivity contribution in [3.8, 4) is 0 Å². The average molecular weight is 296 g/mol. The molecule has 6 heteroatoms. The van der Waals surface area contributed by atoms with Gasteiger partial charge in [0.15, 0.2) is 0 Å². The molecule has 0 saturated carbocycles. The zero-order chi connectivity index (χ0) is 16.4. The van der Waals surface area contributed by atoms with Crippen LogP contribution in [0.25, 0.3) is 0 Å². The molecule has 1 aromatic rings. The molecule has 0 aliphatic carbocycles. The third-order valence-electron chi connectivity index (χ3n) is 3.62. The van der Waals surface area contributed by atoms with Gasteiger partial charge in [0, 0.05) is 13.1 Å². The first-order valence-electron chi connectivity index (χ1n) is 6.61. The maximum atomic E-state index is 13.6. The number of rotatable bonds is 3. The van der Waals surface area contributed by atoms with Crippen molar-refractivity contribution < 1.29 is 19.1 Å². The third-order valence-corrected chi connectivity index (χ3v) is 3.62. The number of anilines is 1. The van der Waals surface area contributed by atoms with Gasteiger partial charge in [-0.15, -0.1) is 0 Å². The maximum absolute atomic E-state index is 13.6. The average Bonchev–Trinajstić information content (AvgIpc) is 2.35. The van der Waals surface area contributed by atoms with Crippen molar-refractivity contribution in [1.82, 2.24) is 4.90 Å². The number of carboxylic acid groups (broad SMARTS) is 1. The lowest BCUT2D eigenvalue weighted by Crippen LogP contribution is -2.45. The molecule has 1 unspecified atom stereocenters. The van der Waals surface area contributed by atoms with Gasteiger partial charge in [-0.2, -0.15) is 0 Å². The molecule has 1 atom stereocenters. The van der Waals surface area contributed by atoms with Crippen LogP contribution in [0.2, 0.25) is 0 Å². The van der Waals surface area contributed by atoms with E-state index in [9.17, 15) is 14.0 Å². The Kier molecular flexibility index (Phi) is 4.93. The van der Waals surface area contributed by atoms with E-state index in [1.54, 1.807) is 7.05 Å². The van der Waals surface area contributed by atoms with Crippen LogP contribution in [-0.4, -0.2) is 35.1 Å². The van der Waals surface area contributed by atoms with E-state index in [1.165, 1.54) is 17.0 Å². The molecule has 0 aromatic heterocycles. The fraction of sp³-hybridized carbons (Fsp3) is 0.467. The fourth-order valence-electron chi connectivity index (χ4n) is 1.81. The van der Waals surface area contributed by atoms with Gasteiger partial charge in [-0.05, 0) is 24.5 Å². The van der Waals surface area contributed by atoms with Crippen molar-refractivity contribution in [2.45, 2.75) is 33.7 Å². The number of urea groups is 1. The Balaban J connectivity index is 3.00. The van der Waals surface area contributed by atoms with Gasteiger partial charge in [0.2, 0.25) is 0 Å². The standard InChI is InChI=1S/C15H21FN2O3/c1-9(15(2,3)4)18(5)14(21)17-11-8-6-7-10(16)12(11)13(19)20/h6-9H,1-5H3,(H,17,21)(H,19,20). The second-order valence-electron chi connectivity index (χ2n) is 6.05. The number of carbonyl (C=O) groups is 2. The second-order valence-corrected chi connectivity index (χ2v) is 6.05. The van der Waals surface area contributed by atoms with E-state index < -0.39 is 23.4 Å². The number of carbonyl (C=O) groups excluding carboxylic acids is 1. The normalized spacial score (nSPS) is 12.7. The van der Waals surface area contributed by atoms with Gasteiger partial charge in [0.05, 0.1) is 5.69 Å². The number of hydrogen-bond acceptors (Lipinski definition) is 2. The number of hydrogen-bond donors (Lipinski definition) is 2. The molecule has 0 saturated heterocycles. The number of nitrogens with zero attached hydrogens (tertiary/aromatic N) is 1. The monoisotopic (exact) mass is 296 g/mol.